The molecule has 1 saturated heterocycles. The minimum atomic E-state index is 0.537. The smallest absolute Gasteiger partial charge is 0.131 e. The maximum atomic E-state index is 6.26. The molecule has 2 heterocycles. The van der Waals surface area contributed by atoms with Crippen molar-refractivity contribution in [1.29, 1.82) is 0 Å². The zero-order valence-electron chi connectivity index (χ0n) is 11.0. The van der Waals surface area contributed by atoms with Gasteiger partial charge >= 0.3 is 0 Å². The van der Waals surface area contributed by atoms with Crippen LogP contribution in [0.25, 0.3) is 0 Å². The van der Waals surface area contributed by atoms with Crippen LogP contribution in [0.15, 0.2) is 0 Å². The van der Waals surface area contributed by atoms with E-state index in [4.69, 9.17) is 11.6 Å². The van der Waals surface area contributed by atoms with Crippen molar-refractivity contribution in [1.82, 2.24) is 20.0 Å². The zero-order valence-corrected chi connectivity index (χ0v) is 11.8. The molecule has 0 amide bonds. The fourth-order valence-electron chi connectivity index (χ4n) is 2.65. The highest BCUT2D eigenvalue weighted by Gasteiger charge is 2.23. The first kappa shape index (κ1) is 12.9. The zero-order chi connectivity index (χ0) is 12.6. The van der Waals surface area contributed by atoms with Crippen molar-refractivity contribution in [2.75, 3.05) is 13.1 Å². The molecule has 1 N–H and O–H groups in total. The first-order valence-electron chi connectivity index (χ1n) is 6.13. The van der Waals surface area contributed by atoms with Crippen LogP contribution in [0.4, 0.5) is 0 Å². The number of nitrogens with zero attached hydrogens (tertiary/aromatic N) is 3. The number of nitrogens with one attached hydrogen (secondary N) is 1. The Bertz CT molecular complexity index is 391. The van der Waals surface area contributed by atoms with Gasteiger partial charge in [0.2, 0.25) is 0 Å². The molecule has 5 heteroatoms. The van der Waals surface area contributed by atoms with Crippen molar-refractivity contribution in [2.24, 2.45) is 7.05 Å². The van der Waals surface area contributed by atoms with Crippen molar-refractivity contribution in [3.63, 3.8) is 0 Å². The van der Waals surface area contributed by atoms with Gasteiger partial charge < -0.3 is 5.32 Å². The summed E-state index contributed by atoms with van der Waals surface area (Å²) in [7, 11) is 1.89. The van der Waals surface area contributed by atoms with Crippen LogP contribution in [-0.2, 0) is 13.6 Å². The Balaban J connectivity index is 2.10. The second-order valence-electron chi connectivity index (χ2n) is 5.14. The molecule has 0 aliphatic carbocycles. The fourth-order valence-corrected chi connectivity index (χ4v) is 2.88. The molecule has 0 saturated carbocycles. The Labute approximate surface area is 108 Å². The molecule has 0 radical (unpaired) electrons. The average Bonchev–Trinajstić information content (AvgIpc) is 2.44. The Morgan fingerprint density at radius 2 is 1.94 bits per heavy atom. The van der Waals surface area contributed by atoms with Crippen LogP contribution in [0.1, 0.15) is 25.1 Å². The second-order valence-corrected chi connectivity index (χ2v) is 5.50. The van der Waals surface area contributed by atoms with E-state index in [1.54, 1.807) is 4.68 Å². The van der Waals surface area contributed by atoms with Gasteiger partial charge in [-0.25, -0.2) is 0 Å². The summed E-state index contributed by atoms with van der Waals surface area (Å²) in [6.07, 6.45) is 0. The van der Waals surface area contributed by atoms with Crippen LogP contribution in [-0.4, -0.2) is 39.9 Å². The summed E-state index contributed by atoms with van der Waals surface area (Å²) in [5, 5.41) is 8.66. The fraction of sp³-hybridized carbons (Fsp3) is 0.750. The molecule has 1 fully saturated rings. The third-order valence-electron chi connectivity index (χ3n) is 3.28. The van der Waals surface area contributed by atoms with Crippen LogP contribution in [0.3, 0.4) is 0 Å². The molecule has 96 valence electrons. The number of rotatable bonds is 2. The molecule has 17 heavy (non-hydrogen) atoms. The maximum absolute atomic E-state index is 6.26. The molecule has 2 atom stereocenters. The van der Waals surface area contributed by atoms with Crippen molar-refractivity contribution in [3.8, 4) is 0 Å². The average molecular weight is 257 g/mol. The number of aryl methyl sites for hydroxylation is 2. The lowest BCUT2D eigenvalue weighted by molar-refractivity contribution is 0.166. The van der Waals surface area contributed by atoms with Crippen LogP contribution < -0.4 is 5.32 Å². The molecule has 1 aliphatic heterocycles. The molecule has 4 nitrogen and oxygen atoms in total. The van der Waals surface area contributed by atoms with Crippen LogP contribution in [0, 0.1) is 6.92 Å². The summed E-state index contributed by atoms with van der Waals surface area (Å²) in [6.45, 7) is 9.50. The van der Waals surface area contributed by atoms with E-state index in [0.29, 0.717) is 12.1 Å². The van der Waals surface area contributed by atoms with Crippen LogP contribution in [0.2, 0.25) is 5.15 Å². The third-order valence-corrected chi connectivity index (χ3v) is 3.76. The molecule has 0 bridgehead atoms. The van der Waals surface area contributed by atoms with Crippen molar-refractivity contribution in [3.05, 3.63) is 16.4 Å². The highest BCUT2D eigenvalue weighted by molar-refractivity contribution is 6.30. The second kappa shape index (κ2) is 4.96. The molecular formula is C12H21ClN4. The molecule has 1 aromatic heterocycles. The SMILES string of the molecule is Cc1nn(C)c(Cl)c1CN1CC(C)NC(C)C1. The van der Waals surface area contributed by atoms with Gasteiger partial charge in [-0.3, -0.25) is 9.58 Å². The van der Waals surface area contributed by atoms with Crippen molar-refractivity contribution < 1.29 is 0 Å². The van der Waals surface area contributed by atoms with Gasteiger partial charge in [0.1, 0.15) is 5.15 Å². The van der Waals surface area contributed by atoms with Crippen molar-refractivity contribution in [2.45, 2.75) is 39.4 Å². The van der Waals surface area contributed by atoms with E-state index in [-0.39, 0.29) is 0 Å². The highest BCUT2D eigenvalue weighted by atomic mass is 35.5. The molecule has 2 rings (SSSR count). The van der Waals surface area contributed by atoms with E-state index in [1.165, 1.54) is 0 Å². The van der Waals surface area contributed by atoms with E-state index in [9.17, 15) is 0 Å². The molecular weight excluding hydrogens is 236 g/mol. The number of piperazine rings is 1. The highest BCUT2D eigenvalue weighted by Crippen LogP contribution is 2.21. The van der Waals surface area contributed by atoms with Gasteiger partial charge in [-0.1, -0.05) is 11.6 Å². The Hall–Kier alpha value is -0.580. The van der Waals surface area contributed by atoms with Gasteiger partial charge in [0.25, 0.3) is 0 Å². The summed E-state index contributed by atoms with van der Waals surface area (Å²) < 4.78 is 1.75. The predicted octanol–water partition coefficient (Wildman–Crippen LogP) is 1.56. The van der Waals surface area contributed by atoms with Crippen LogP contribution in [0.5, 0.6) is 0 Å². The molecule has 1 aromatic rings. The minimum Gasteiger partial charge on any atom is -0.309 e. The monoisotopic (exact) mass is 256 g/mol. The summed E-state index contributed by atoms with van der Waals surface area (Å²) >= 11 is 6.26. The van der Waals surface area contributed by atoms with E-state index in [0.717, 1.165) is 36.0 Å². The van der Waals surface area contributed by atoms with Gasteiger partial charge in [0.05, 0.1) is 5.69 Å². The van der Waals surface area contributed by atoms with E-state index in [2.05, 4.69) is 29.2 Å². The van der Waals surface area contributed by atoms with Gasteiger partial charge in [0.15, 0.2) is 0 Å². The molecule has 2 unspecified atom stereocenters. The predicted molar refractivity (Wildman–Crippen MR) is 70.3 cm³/mol. The summed E-state index contributed by atoms with van der Waals surface area (Å²) in [6, 6.07) is 1.07. The maximum Gasteiger partial charge on any atom is 0.131 e. The Morgan fingerprint density at radius 3 is 2.41 bits per heavy atom. The minimum absolute atomic E-state index is 0.537. The lowest BCUT2D eigenvalue weighted by Gasteiger charge is -2.36. The number of hydrogen-bond acceptors (Lipinski definition) is 3. The van der Waals surface area contributed by atoms with Gasteiger partial charge in [0, 0.05) is 44.3 Å². The van der Waals surface area contributed by atoms with Gasteiger partial charge in [-0.15, -0.1) is 0 Å². The quantitative estimate of drug-likeness (QED) is 0.872. The Kier molecular flexibility index (Phi) is 3.76. The first-order chi connectivity index (χ1) is 7.97. The Morgan fingerprint density at radius 1 is 1.35 bits per heavy atom. The summed E-state index contributed by atoms with van der Waals surface area (Å²) in [5.74, 6) is 0. The topological polar surface area (TPSA) is 33.1 Å². The lowest BCUT2D eigenvalue weighted by Crippen LogP contribution is -2.53. The molecule has 0 spiro atoms. The number of hydrogen-bond donors (Lipinski definition) is 1. The van der Waals surface area contributed by atoms with Gasteiger partial charge in [-0.05, 0) is 20.8 Å². The van der Waals surface area contributed by atoms with E-state index in [1.807, 2.05) is 14.0 Å². The standard InChI is InChI=1S/C12H21ClN4/c1-8-5-17(6-9(2)14-8)7-11-10(3)15-16(4)12(11)13/h8-9,14H,5-7H2,1-4H3. The largest absolute Gasteiger partial charge is 0.309 e. The molecule has 1 aliphatic rings. The molecule has 0 aromatic carbocycles. The summed E-state index contributed by atoms with van der Waals surface area (Å²) in [4.78, 5) is 2.45. The van der Waals surface area contributed by atoms with Crippen molar-refractivity contribution >= 4 is 11.6 Å². The van der Waals surface area contributed by atoms with E-state index >= 15 is 0 Å². The van der Waals surface area contributed by atoms with E-state index < -0.39 is 0 Å². The number of halogens is 1. The van der Waals surface area contributed by atoms with Gasteiger partial charge in [-0.2, -0.15) is 5.10 Å². The van der Waals surface area contributed by atoms with Crippen LogP contribution >= 0.6 is 11.6 Å². The first-order valence-corrected chi connectivity index (χ1v) is 6.51. The summed E-state index contributed by atoms with van der Waals surface area (Å²) in [5.41, 5.74) is 2.20. The normalized spacial score (nSPS) is 26.4. The lowest BCUT2D eigenvalue weighted by atomic mass is 10.1. The number of aromatic nitrogens is 2. The third kappa shape index (κ3) is 2.81.